The number of ketones is 1. The molecule has 4 aliphatic carbocycles. The Balaban J connectivity index is 1.58. The van der Waals surface area contributed by atoms with E-state index in [-0.39, 0.29) is 41.0 Å². The van der Waals surface area contributed by atoms with Crippen LogP contribution in [0.2, 0.25) is 0 Å². The van der Waals surface area contributed by atoms with E-state index in [0.717, 1.165) is 24.8 Å². The fourth-order valence-electron chi connectivity index (χ4n) is 8.13. The molecule has 6 heteroatoms. The lowest BCUT2D eigenvalue weighted by molar-refractivity contribution is -0.228. The lowest BCUT2D eigenvalue weighted by Crippen LogP contribution is -2.70. The molecule has 0 spiro atoms. The molecule has 0 unspecified atom stereocenters. The molecule has 4 fully saturated rings. The number of aliphatic hydroxyl groups excluding tert-OH is 2. The number of fused-ring (bicyclic) bond motifs is 5. The molecule has 0 amide bonds. The monoisotopic (exact) mass is 416 g/mol. The van der Waals surface area contributed by atoms with Crippen molar-refractivity contribution in [2.45, 2.75) is 82.5 Å². The maximum Gasteiger partial charge on any atom is 0.335 e. The Kier molecular flexibility index (Phi) is 4.42. The van der Waals surface area contributed by atoms with Crippen molar-refractivity contribution in [3.05, 3.63) is 34.4 Å². The van der Waals surface area contributed by atoms with Crippen LogP contribution in [-0.4, -0.2) is 38.9 Å². The summed E-state index contributed by atoms with van der Waals surface area (Å²) in [6.45, 7) is 3.96. The van der Waals surface area contributed by atoms with Gasteiger partial charge in [0.05, 0.1) is 23.4 Å². The molecule has 0 aliphatic heterocycles. The van der Waals surface area contributed by atoms with E-state index in [0.29, 0.717) is 25.7 Å². The van der Waals surface area contributed by atoms with Gasteiger partial charge >= 0.3 is 5.63 Å². The SMILES string of the molecule is C[C@]12CC[C@H](O)C[C@@H]1CC[C@@H]1[C@H]2[C@H](O)C(=O)[C@]2(C)[C@@H](c3ccc(=O)oc3)CC[C@]12O. The molecule has 30 heavy (non-hydrogen) atoms. The Morgan fingerprint density at radius 2 is 1.80 bits per heavy atom. The third kappa shape index (κ3) is 2.41. The topological polar surface area (TPSA) is 108 Å². The minimum Gasteiger partial charge on any atom is -0.431 e. The fourth-order valence-corrected chi connectivity index (χ4v) is 8.13. The van der Waals surface area contributed by atoms with Gasteiger partial charge in [0, 0.05) is 17.9 Å². The Morgan fingerprint density at radius 1 is 1.03 bits per heavy atom. The van der Waals surface area contributed by atoms with Crippen molar-refractivity contribution in [2.24, 2.45) is 28.6 Å². The quantitative estimate of drug-likeness (QED) is 0.649. The van der Waals surface area contributed by atoms with Crippen LogP contribution in [0, 0.1) is 28.6 Å². The molecule has 1 heterocycles. The molecule has 0 radical (unpaired) electrons. The Hall–Kier alpha value is -1.50. The first-order valence-corrected chi connectivity index (χ1v) is 11.3. The first-order chi connectivity index (χ1) is 14.1. The maximum absolute atomic E-state index is 13.8. The summed E-state index contributed by atoms with van der Waals surface area (Å²) in [4.78, 5) is 25.2. The van der Waals surface area contributed by atoms with E-state index < -0.39 is 22.7 Å². The average molecular weight is 417 g/mol. The van der Waals surface area contributed by atoms with Crippen LogP contribution in [0.3, 0.4) is 0 Å². The highest BCUT2D eigenvalue weighted by atomic mass is 16.4. The largest absolute Gasteiger partial charge is 0.431 e. The second-order valence-electron chi connectivity index (χ2n) is 10.8. The molecular weight excluding hydrogens is 384 g/mol. The van der Waals surface area contributed by atoms with Gasteiger partial charge in [-0.25, -0.2) is 4.79 Å². The molecule has 4 saturated carbocycles. The number of hydrogen-bond acceptors (Lipinski definition) is 6. The predicted octanol–water partition coefficient (Wildman–Crippen LogP) is 2.39. The number of hydrogen-bond donors (Lipinski definition) is 3. The van der Waals surface area contributed by atoms with E-state index in [9.17, 15) is 24.9 Å². The summed E-state index contributed by atoms with van der Waals surface area (Å²) < 4.78 is 5.06. The zero-order valence-corrected chi connectivity index (χ0v) is 17.7. The van der Waals surface area contributed by atoms with Gasteiger partial charge in [-0.1, -0.05) is 6.92 Å². The predicted molar refractivity (Wildman–Crippen MR) is 109 cm³/mol. The number of Topliss-reactive ketones (excluding diaryl/α,β-unsaturated/α-hetero) is 1. The van der Waals surface area contributed by atoms with E-state index in [4.69, 9.17) is 4.42 Å². The molecule has 3 N–H and O–H groups in total. The molecule has 6 nitrogen and oxygen atoms in total. The summed E-state index contributed by atoms with van der Waals surface area (Å²) in [6.07, 6.45) is 4.88. The molecule has 0 bridgehead atoms. The lowest BCUT2D eigenvalue weighted by Gasteiger charge is -2.64. The lowest BCUT2D eigenvalue weighted by atomic mass is 9.42. The summed E-state index contributed by atoms with van der Waals surface area (Å²) in [5.74, 6) is -0.769. The van der Waals surface area contributed by atoms with Crippen molar-refractivity contribution in [1.29, 1.82) is 0 Å². The average Bonchev–Trinajstić information content (AvgIpc) is 3.00. The van der Waals surface area contributed by atoms with Crippen LogP contribution in [0.25, 0.3) is 0 Å². The zero-order valence-electron chi connectivity index (χ0n) is 17.7. The van der Waals surface area contributed by atoms with Gasteiger partial charge in [0.1, 0.15) is 6.10 Å². The second-order valence-corrected chi connectivity index (χ2v) is 10.8. The number of carbonyl (C=O) groups excluding carboxylic acids is 1. The summed E-state index contributed by atoms with van der Waals surface area (Å²) in [6, 6.07) is 3.03. The van der Waals surface area contributed by atoms with Crippen molar-refractivity contribution >= 4 is 5.78 Å². The van der Waals surface area contributed by atoms with Crippen LogP contribution in [-0.2, 0) is 4.79 Å². The van der Waals surface area contributed by atoms with Crippen molar-refractivity contribution in [2.75, 3.05) is 0 Å². The molecule has 9 atom stereocenters. The van der Waals surface area contributed by atoms with Crippen LogP contribution < -0.4 is 5.63 Å². The minimum atomic E-state index is -1.20. The third-order valence-electron chi connectivity index (χ3n) is 9.80. The standard InChI is InChI=1S/C24H32O6/c1-22-9-7-15(25)11-14(22)4-5-17-19(22)20(27)21(28)23(2)16(8-10-24(17,23)29)13-3-6-18(26)30-12-13/h3,6,12,14-17,19-20,25,27,29H,4-5,7-11H2,1-2H3/t14-,15-,16+,17+,19-,20-,22-,23-,24-/m0/s1. The zero-order chi connectivity index (χ0) is 21.5. The Morgan fingerprint density at radius 3 is 2.50 bits per heavy atom. The molecular formula is C24H32O6. The Labute approximate surface area is 176 Å². The van der Waals surface area contributed by atoms with Crippen LogP contribution in [0.1, 0.15) is 70.3 Å². The van der Waals surface area contributed by atoms with Crippen molar-refractivity contribution in [1.82, 2.24) is 0 Å². The fraction of sp³-hybridized carbons (Fsp3) is 0.750. The number of carbonyl (C=O) groups is 1. The summed E-state index contributed by atoms with van der Waals surface area (Å²) in [5, 5.41) is 33.7. The highest BCUT2D eigenvalue weighted by Crippen LogP contribution is 2.69. The maximum atomic E-state index is 13.8. The molecule has 1 aromatic heterocycles. The van der Waals surface area contributed by atoms with E-state index in [1.165, 1.54) is 12.3 Å². The first kappa shape index (κ1) is 20.4. The Bertz CT molecular complexity index is 904. The highest BCUT2D eigenvalue weighted by molar-refractivity contribution is 5.93. The van der Waals surface area contributed by atoms with Crippen molar-refractivity contribution in [3.63, 3.8) is 0 Å². The normalized spacial score (nSPS) is 50.5. The molecule has 0 saturated heterocycles. The van der Waals surface area contributed by atoms with E-state index in [1.54, 1.807) is 13.0 Å². The van der Waals surface area contributed by atoms with Gasteiger partial charge < -0.3 is 19.7 Å². The van der Waals surface area contributed by atoms with Gasteiger partial charge in [0.25, 0.3) is 0 Å². The van der Waals surface area contributed by atoms with Crippen molar-refractivity contribution < 1.29 is 24.5 Å². The molecule has 0 aromatic carbocycles. The minimum absolute atomic E-state index is 0.160. The van der Waals surface area contributed by atoms with Gasteiger partial charge in [-0.2, -0.15) is 0 Å². The molecule has 1 aromatic rings. The van der Waals surface area contributed by atoms with Gasteiger partial charge in [-0.05, 0) is 80.8 Å². The van der Waals surface area contributed by atoms with E-state index in [1.807, 2.05) is 0 Å². The van der Waals surface area contributed by atoms with Gasteiger partial charge in [-0.3, -0.25) is 4.79 Å². The second kappa shape index (κ2) is 6.50. The highest BCUT2D eigenvalue weighted by Gasteiger charge is 2.73. The van der Waals surface area contributed by atoms with Crippen LogP contribution in [0.4, 0.5) is 0 Å². The molecule has 4 aliphatic rings. The van der Waals surface area contributed by atoms with Crippen LogP contribution in [0.5, 0.6) is 0 Å². The smallest absolute Gasteiger partial charge is 0.335 e. The van der Waals surface area contributed by atoms with Gasteiger partial charge in [-0.15, -0.1) is 0 Å². The summed E-state index contributed by atoms with van der Waals surface area (Å²) >= 11 is 0. The summed E-state index contributed by atoms with van der Waals surface area (Å²) in [5.41, 5.74) is -2.29. The summed E-state index contributed by atoms with van der Waals surface area (Å²) in [7, 11) is 0. The van der Waals surface area contributed by atoms with E-state index in [2.05, 4.69) is 6.92 Å². The van der Waals surface area contributed by atoms with Crippen LogP contribution >= 0.6 is 0 Å². The van der Waals surface area contributed by atoms with Gasteiger partial charge in [0.15, 0.2) is 5.78 Å². The number of aliphatic hydroxyl groups is 3. The third-order valence-corrected chi connectivity index (χ3v) is 9.80. The van der Waals surface area contributed by atoms with Crippen molar-refractivity contribution in [3.8, 4) is 0 Å². The van der Waals surface area contributed by atoms with Gasteiger partial charge in [0.2, 0.25) is 0 Å². The first-order valence-electron chi connectivity index (χ1n) is 11.3. The van der Waals surface area contributed by atoms with E-state index >= 15 is 0 Å². The molecule has 164 valence electrons. The molecule has 5 rings (SSSR count). The van der Waals surface area contributed by atoms with Crippen LogP contribution in [0.15, 0.2) is 27.6 Å². The number of rotatable bonds is 1.